The predicted octanol–water partition coefficient (Wildman–Crippen LogP) is 6.51. The third-order valence-electron chi connectivity index (χ3n) is 3.45. The second-order valence-corrected chi connectivity index (χ2v) is 8.04. The van der Waals surface area contributed by atoms with E-state index in [4.69, 9.17) is 16.3 Å². The fourth-order valence-corrected chi connectivity index (χ4v) is 2.67. The Morgan fingerprint density at radius 3 is 2.36 bits per heavy atom. The van der Waals surface area contributed by atoms with Crippen LogP contribution in [0.25, 0.3) is 0 Å². The van der Waals surface area contributed by atoms with Crippen LogP contribution in [0.5, 0.6) is 5.75 Å². The molecule has 0 atom stereocenters. The molecule has 2 rings (SSSR count). The van der Waals surface area contributed by atoms with Crippen molar-refractivity contribution in [2.75, 3.05) is 6.61 Å². The Bertz CT molecular complexity index is 614. The van der Waals surface area contributed by atoms with Crippen molar-refractivity contribution in [2.24, 2.45) is 5.41 Å². The van der Waals surface area contributed by atoms with Crippen molar-refractivity contribution in [1.82, 2.24) is 0 Å². The van der Waals surface area contributed by atoms with Gasteiger partial charge in [-0.2, -0.15) is 0 Å². The molecule has 2 aromatic carbocycles. The van der Waals surface area contributed by atoms with Gasteiger partial charge in [-0.25, -0.2) is 0 Å². The first kappa shape index (κ1) is 17.4. The van der Waals surface area contributed by atoms with Crippen LogP contribution in [0.1, 0.15) is 38.3 Å². The maximum Gasteiger partial charge on any atom is 0.119 e. The zero-order chi connectivity index (χ0) is 16.2. The average Bonchev–Trinajstić information content (AvgIpc) is 2.43. The molecule has 0 spiro atoms. The molecule has 0 saturated carbocycles. The Labute approximate surface area is 146 Å². The van der Waals surface area contributed by atoms with Crippen LogP contribution in [-0.2, 0) is 6.42 Å². The van der Waals surface area contributed by atoms with Crippen molar-refractivity contribution >= 4 is 27.5 Å². The molecule has 0 amide bonds. The van der Waals surface area contributed by atoms with Crippen LogP contribution in [0.2, 0.25) is 5.02 Å². The minimum Gasteiger partial charge on any atom is -0.494 e. The normalized spacial score (nSPS) is 11.5. The number of ether oxygens (including phenoxy) is 1. The highest BCUT2D eigenvalue weighted by Crippen LogP contribution is 2.25. The summed E-state index contributed by atoms with van der Waals surface area (Å²) in [5, 5.41) is 0.800. The van der Waals surface area contributed by atoms with Gasteiger partial charge in [0.15, 0.2) is 0 Å². The second-order valence-electron chi connectivity index (χ2n) is 6.72. The number of hydrogen-bond acceptors (Lipinski definition) is 1. The summed E-state index contributed by atoms with van der Waals surface area (Å²) in [4.78, 5) is 0. The molecule has 22 heavy (non-hydrogen) atoms. The van der Waals surface area contributed by atoms with Crippen LogP contribution in [0.3, 0.4) is 0 Å². The fraction of sp³-hybridized carbons (Fsp3) is 0.368. The van der Waals surface area contributed by atoms with E-state index in [2.05, 4.69) is 54.9 Å². The third kappa shape index (κ3) is 5.66. The standard InChI is InChI=1S/C19H22BrClO/c1-19(2,3)10-11-22-17-7-4-14(5-8-17)12-15-13-16(20)6-9-18(15)21/h4-9,13H,10-12H2,1-3H3. The van der Waals surface area contributed by atoms with Crippen molar-refractivity contribution < 1.29 is 4.74 Å². The van der Waals surface area contributed by atoms with Crippen LogP contribution >= 0.6 is 27.5 Å². The average molecular weight is 382 g/mol. The Morgan fingerprint density at radius 2 is 1.73 bits per heavy atom. The van der Waals surface area contributed by atoms with E-state index in [0.717, 1.165) is 40.3 Å². The molecule has 0 aromatic heterocycles. The first-order valence-corrected chi connectivity index (χ1v) is 8.66. The molecule has 0 heterocycles. The summed E-state index contributed by atoms with van der Waals surface area (Å²) >= 11 is 9.73. The highest BCUT2D eigenvalue weighted by Gasteiger charge is 2.10. The Hall–Kier alpha value is -0.990. The van der Waals surface area contributed by atoms with Crippen molar-refractivity contribution in [3.05, 3.63) is 63.1 Å². The SMILES string of the molecule is CC(C)(C)CCOc1ccc(Cc2cc(Br)ccc2Cl)cc1. The molecule has 0 radical (unpaired) electrons. The summed E-state index contributed by atoms with van der Waals surface area (Å²) in [7, 11) is 0. The molecule has 0 N–H and O–H groups in total. The highest BCUT2D eigenvalue weighted by atomic mass is 79.9. The van der Waals surface area contributed by atoms with E-state index in [9.17, 15) is 0 Å². The third-order valence-corrected chi connectivity index (χ3v) is 4.31. The summed E-state index contributed by atoms with van der Waals surface area (Å²) in [5.41, 5.74) is 2.65. The number of benzene rings is 2. The minimum absolute atomic E-state index is 0.303. The fourth-order valence-electron chi connectivity index (χ4n) is 2.08. The lowest BCUT2D eigenvalue weighted by Crippen LogP contribution is -2.11. The molecular weight excluding hydrogens is 360 g/mol. The summed E-state index contributed by atoms with van der Waals surface area (Å²) in [6.07, 6.45) is 1.86. The minimum atomic E-state index is 0.303. The molecule has 118 valence electrons. The molecule has 3 heteroatoms. The molecule has 1 nitrogen and oxygen atoms in total. The van der Waals surface area contributed by atoms with Crippen molar-refractivity contribution in [3.63, 3.8) is 0 Å². The van der Waals surface area contributed by atoms with E-state index >= 15 is 0 Å². The summed E-state index contributed by atoms with van der Waals surface area (Å²) in [6, 6.07) is 14.2. The lowest BCUT2D eigenvalue weighted by atomic mass is 9.93. The van der Waals surface area contributed by atoms with Gasteiger partial charge in [0.05, 0.1) is 6.61 Å². The molecule has 0 unspecified atom stereocenters. The van der Waals surface area contributed by atoms with Gasteiger partial charge in [-0.3, -0.25) is 0 Å². The van der Waals surface area contributed by atoms with Crippen LogP contribution in [-0.4, -0.2) is 6.61 Å². The van der Waals surface area contributed by atoms with Gasteiger partial charge in [-0.05, 0) is 59.7 Å². The molecule has 0 aliphatic rings. The van der Waals surface area contributed by atoms with Gasteiger partial charge < -0.3 is 4.74 Å². The Balaban J connectivity index is 1.96. The van der Waals surface area contributed by atoms with Crippen molar-refractivity contribution in [3.8, 4) is 5.75 Å². The largest absolute Gasteiger partial charge is 0.494 e. The van der Waals surface area contributed by atoms with Crippen LogP contribution in [0.15, 0.2) is 46.9 Å². The zero-order valence-corrected chi connectivity index (χ0v) is 15.7. The van der Waals surface area contributed by atoms with Gasteiger partial charge in [-0.15, -0.1) is 0 Å². The summed E-state index contributed by atoms with van der Waals surface area (Å²) in [6.45, 7) is 7.42. The van der Waals surface area contributed by atoms with Gasteiger partial charge >= 0.3 is 0 Å². The van der Waals surface area contributed by atoms with E-state index in [1.165, 1.54) is 5.56 Å². The summed E-state index contributed by atoms with van der Waals surface area (Å²) < 4.78 is 6.85. The molecule has 0 saturated heterocycles. The number of hydrogen-bond donors (Lipinski definition) is 0. The first-order chi connectivity index (χ1) is 10.3. The van der Waals surface area contributed by atoms with Crippen LogP contribution < -0.4 is 4.74 Å². The van der Waals surface area contributed by atoms with Crippen molar-refractivity contribution in [2.45, 2.75) is 33.6 Å². The smallest absolute Gasteiger partial charge is 0.119 e. The van der Waals surface area contributed by atoms with Gasteiger partial charge in [0.1, 0.15) is 5.75 Å². The Kier molecular flexibility index (Phi) is 5.94. The maximum absolute atomic E-state index is 6.24. The monoisotopic (exact) mass is 380 g/mol. The lowest BCUT2D eigenvalue weighted by Gasteiger charge is -2.18. The van der Waals surface area contributed by atoms with Gasteiger partial charge in [-0.1, -0.05) is 60.4 Å². The van der Waals surface area contributed by atoms with Crippen LogP contribution in [0, 0.1) is 5.41 Å². The molecule has 0 fully saturated rings. The van der Waals surface area contributed by atoms with Crippen LogP contribution in [0.4, 0.5) is 0 Å². The molecular formula is C19H22BrClO. The first-order valence-electron chi connectivity index (χ1n) is 7.49. The Morgan fingerprint density at radius 1 is 1.05 bits per heavy atom. The highest BCUT2D eigenvalue weighted by molar-refractivity contribution is 9.10. The quantitative estimate of drug-likeness (QED) is 0.573. The predicted molar refractivity (Wildman–Crippen MR) is 98.0 cm³/mol. The van der Waals surface area contributed by atoms with E-state index in [-0.39, 0.29) is 0 Å². The van der Waals surface area contributed by atoms with E-state index < -0.39 is 0 Å². The second kappa shape index (κ2) is 7.52. The number of halogens is 2. The van der Waals surface area contributed by atoms with Gasteiger partial charge in [0.2, 0.25) is 0 Å². The topological polar surface area (TPSA) is 9.23 Å². The van der Waals surface area contributed by atoms with E-state index in [1.807, 2.05) is 24.3 Å². The lowest BCUT2D eigenvalue weighted by molar-refractivity contribution is 0.243. The van der Waals surface area contributed by atoms with Gasteiger partial charge in [0.25, 0.3) is 0 Å². The van der Waals surface area contributed by atoms with E-state index in [0.29, 0.717) is 5.41 Å². The van der Waals surface area contributed by atoms with Gasteiger partial charge in [0, 0.05) is 9.50 Å². The molecule has 2 aromatic rings. The van der Waals surface area contributed by atoms with E-state index in [1.54, 1.807) is 0 Å². The van der Waals surface area contributed by atoms with Crippen molar-refractivity contribution in [1.29, 1.82) is 0 Å². The molecule has 0 aliphatic heterocycles. The number of rotatable bonds is 5. The maximum atomic E-state index is 6.24. The molecule has 0 aliphatic carbocycles. The summed E-state index contributed by atoms with van der Waals surface area (Å²) in [5.74, 6) is 0.924. The molecule has 0 bridgehead atoms. The zero-order valence-electron chi connectivity index (χ0n) is 13.3.